The van der Waals surface area contributed by atoms with Crippen LogP contribution in [0, 0.1) is 13.3 Å². The molecule has 0 amide bonds. The smallest absolute Gasteiger partial charge is 0.198 e. The topological polar surface area (TPSA) is 44.2 Å². The number of hydrogen-bond donors (Lipinski definition) is 0. The Bertz CT molecular complexity index is 976. The van der Waals surface area contributed by atoms with Crippen molar-refractivity contribution in [2.24, 2.45) is 5.92 Å². The van der Waals surface area contributed by atoms with Gasteiger partial charge in [0.05, 0.1) is 18.3 Å². The fraction of sp³-hybridized carbons (Fsp3) is 0.606. The molecule has 208 valence electrons. The van der Waals surface area contributed by atoms with E-state index in [1.807, 2.05) is 42.5 Å². The second-order valence-electron chi connectivity index (χ2n) is 10.4. The minimum Gasteiger partial charge on any atom is -0.489 e. The molecule has 0 N–H and O–H groups in total. The summed E-state index contributed by atoms with van der Waals surface area (Å²) >= 11 is 1.22. The molecule has 4 radical (unpaired) electrons. The van der Waals surface area contributed by atoms with Gasteiger partial charge in [-0.05, 0) is 43.0 Å². The largest absolute Gasteiger partial charge is 0.489 e. The van der Waals surface area contributed by atoms with Crippen molar-refractivity contribution in [3.8, 4) is 17.2 Å². The van der Waals surface area contributed by atoms with E-state index in [-0.39, 0.29) is 7.43 Å². The van der Waals surface area contributed by atoms with Crippen LogP contribution in [0.4, 0.5) is 0 Å². The van der Waals surface area contributed by atoms with Crippen molar-refractivity contribution in [2.75, 3.05) is 6.61 Å². The maximum atomic E-state index is 6.48. The highest BCUT2D eigenvalue weighted by Crippen LogP contribution is 2.38. The maximum Gasteiger partial charge on any atom is 0.198 e. The second kappa shape index (κ2) is 19.9. The van der Waals surface area contributed by atoms with Crippen LogP contribution in [0.3, 0.4) is 0 Å². The van der Waals surface area contributed by atoms with Crippen molar-refractivity contribution in [2.45, 2.75) is 117 Å². The first-order chi connectivity index (χ1) is 18.3. The molecule has 0 spiro atoms. The van der Waals surface area contributed by atoms with Crippen molar-refractivity contribution < 1.29 is 9.47 Å². The fourth-order valence-electron chi connectivity index (χ4n) is 4.93. The summed E-state index contributed by atoms with van der Waals surface area (Å²) in [6, 6.07) is 13.9. The first-order valence-electron chi connectivity index (χ1n) is 14.9. The zero-order chi connectivity index (χ0) is 26.0. The third-order valence-electron chi connectivity index (χ3n) is 7.21. The lowest BCUT2D eigenvalue weighted by molar-refractivity contribution is 0.218. The van der Waals surface area contributed by atoms with Crippen LogP contribution in [0.1, 0.15) is 117 Å². The summed E-state index contributed by atoms with van der Waals surface area (Å²) in [7, 11) is 0. The van der Waals surface area contributed by atoms with Crippen molar-refractivity contribution >= 4 is 22.8 Å². The Balaban J connectivity index is 0.00000507. The summed E-state index contributed by atoms with van der Waals surface area (Å²) in [5.74, 6) is 2.83. The van der Waals surface area contributed by atoms with E-state index in [4.69, 9.17) is 9.47 Å². The minimum atomic E-state index is 0. The fourth-order valence-corrected chi connectivity index (χ4v) is 5.46. The summed E-state index contributed by atoms with van der Waals surface area (Å²) in [5.41, 5.74) is 1.63. The third kappa shape index (κ3) is 11.7. The van der Waals surface area contributed by atoms with Gasteiger partial charge in [-0.15, -0.1) is 0 Å². The summed E-state index contributed by atoms with van der Waals surface area (Å²) in [5, 5.41) is 0. The molecule has 3 rings (SSSR count). The SMILES string of the molecule is CCCCCCCCCCC(CCCCCCCC)COc1ccc2nsnc2c1Oc1ccccc1.[C]. The van der Waals surface area contributed by atoms with Crippen molar-refractivity contribution in [1.29, 1.82) is 0 Å². The molecule has 0 aliphatic heterocycles. The van der Waals surface area contributed by atoms with Gasteiger partial charge in [0.1, 0.15) is 11.3 Å². The number of fused-ring (bicyclic) bond motifs is 1. The van der Waals surface area contributed by atoms with Gasteiger partial charge in [-0.2, -0.15) is 8.75 Å². The van der Waals surface area contributed by atoms with Gasteiger partial charge in [-0.25, -0.2) is 0 Å². The van der Waals surface area contributed by atoms with E-state index in [9.17, 15) is 0 Å². The molecule has 1 atom stereocenters. The van der Waals surface area contributed by atoms with Gasteiger partial charge in [0, 0.05) is 7.43 Å². The molecule has 0 saturated heterocycles. The number of rotatable bonds is 21. The second-order valence-corrected chi connectivity index (χ2v) is 11.0. The van der Waals surface area contributed by atoms with Crippen molar-refractivity contribution in [3.63, 3.8) is 0 Å². The number of benzene rings is 2. The first kappa shape index (κ1) is 32.1. The Morgan fingerprint density at radius 2 is 1.26 bits per heavy atom. The lowest BCUT2D eigenvalue weighted by Gasteiger charge is -2.19. The monoisotopic (exact) mass is 536 g/mol. The van der Waals surface area contributed by atoms with Crippen LogP contribution in [0.2, 0.25) is 0 Å². The molecule has 0 saturated carbocycles. The summed E-state index contributed by atoms with van der Waals surface area (Å²) in [6.07, 6.45) is 21.5. The molecule has 2 aromatic carbocycles. The lowest BCUT2D eigenvalue weighted by atomic mass is 9.94. The summed E-state index contributed by atoms with van der Waals surface area (Å²) in [4.78, 5) is 0. The molecule has 0 aliphatic rings. The third-order valence-corrected chi connectivity index (χ3v) is 7.76. The molecular formula is C33H48N2O2S. The van der Waals surface area contributed by atoms with E-state index >= 15 is 0 Å². The summed E-state index contributed by atoms with van der Waals surface area (Å²) < 4.78 is 21.7. The zero-order valence-corrected chi connectivity index (χ0v) is 24.6. The van der Waals surface area contributed by atoms with Crippen molar-refractivity contribution in [1.82, 2.24) is 8.75 Å². The Morgan fingerprint density at radius 3 is 1.87 bits per heavy atom. The van der Waals surface area contributed by atoms with Crippen LogP contribution in [0.25, 0.3) is 11.0 Å². The van der Waals surface area contributed by atoms with Crippen molar-refractivity contribution in [3.05, 3.63) is 49.9 Å². The molecule has 3 aromatic rings. The van der Waals surface area contributed by atoms with E-state index in [0.717, 1.165) is 29.1 Å². The van der Waals surface area contributed by atoms with Crippen LogP contribution in [-0.4, -0.2) is 15.4 Å². The van der Waals surface area contributed by atoms with Crippen LogP contribution in [0.15, 0.2) is 42.5 Å². The van der Waals surface area contributed by atoms with E-state index in [1.54, 1.807) is 0 Å². The van der Waals surface area contributed by atoms with E-state index < -0.39 is 0 Å². The maximum absolute atomic E-state index is 6.48. The average Bonchev–Trinajstić information content (AvgIpc) is 3.41. The molecule has 0 bridgehead atoms. The molecule has 38 heavy (non-hydrogen) atoms. The molecule has 0 aliphatic carbocycles. The van der Waals surface area contributed by atoms with E-state index in [1.165, 1.54) is 114 Å². The molecule has 5 heteroatoms. The van der Waals surface area contributed by atoms with Gasteiger partial charge in [0.25, 0.3) is 0 Å². The van der Waals surface area contributed by atoms with Gasteiger partial charge in [0.2, 0.25) is 0 Å². The number of nitrogens with zero attached hydrogens (tertiary/aromatic N) is 2. The zero-order valence-electron chi connectivity index (χ0n) is 23.8. The van der Waals surface area contributed by atoms with Crippen LogP contribution < -0.4 is 9.47 Å². The normalized spacial score (nSPS) is 11.8. The predicted octanol–water partition coefficient (Wildman–Crippen LogP) is 10.8. The van der Waals surface area contributed by atoms with E-state index in [2.05, 4.69) is 22.6 Å². The minimum absolute atomic E-state index is 0. The van der Waals surface area contributed by atoms with Gasteiger partial charge in [-0.3, -0.25) is 0 Å². The highest BCUT2D eigenvalue weighted by atomic mass is 32.1. The van der Waals surface area contributed by atoms with Gasteiger partial charge in [-0.1, -0.05) is 122 Å². The summed E-state index contributed by atoms with van der Waals surface area (Å²) in [6.45, 7) is 5.31. The Labute approximate surface area is 236 Å². The lowest BCUT2D eigenvalue weighted by Crippen LogP contribution is -2.13. The number of hydrogen-bond acceptors (Lipinski definition) is 5. The first-order valence-corrected chi connectivity index (χ1v) is 15.7. The highest BCUT2D eigenvalue weighted by molar-refractivity contribution is 7.00. The standard InChI is InChI=1S/C32H48N2O2S.C/c1-3-5-7-9-11-12-14-17-21-27(20-16-13-10-8-6-4-2)26-35-30-25-24-29-31(34-37-33-29)32(30)36-28-22-18-15-19-23-28;/h15,18-19,22-25,27H,3-14,16-17,20-21,26H2,1-2H3;. The van der Waals surface area contributed by atoms with Crippen LogP contribution in [-0.2, 0) is 0 Å². The Kier molecular flexibility index (Phi) is 16.8. The molecule has 1 aromatic heterocycles. The van der Waals surface area contributed by atoms with E-state index in [0.29, 0.717) is 11.7 Å². The predicted molar refractivity (Wildman–Crippen MR) is 161 cm³/mol. The highest BCUT2D eigenvalue weighted by Gasteiger charge is 2.17. The number of ether oxygens (including phenoxy) is 2. The molecule has 4 nitrogen and oxygen atoms in total. The average molecular weight is 537 g/mol. The molecule has 1 heterocycles. The van der Waals surface area contributed by atoms with Gasteiger partial charge >= 0.3 is 0 Å². The number of aromatic nitrogens is 2. The van der Waals surface area contributed by atoms with Gasteiger partial charge < -0.3 is 9.47 Å². The number of para-hydroxylation sites is 1. The quantitative estimate of drug-likeness (QED) is 0.127. The Morgan fingerprint density at radius 1 is 0.684 bits per heavy atom. The molecular weight excluding hydrogens is 488 g/mol. The molecule has 0 fully saturated rings. The van der Waals surface area contributed by atoms with Crippen LogP contribution >= 0.6 is 11.7 Å². The van der Waals surface area contributed by atoms with Crippen LogP contribution in [0.5, 0.6) is 17.2 Å². The Hall–Kier alpha value is -2.14. The van der Waals surface area contributed by atoms with Gasteiger partial charge in [0.15, 0.2) is 17.0 Å². The molecule has 1 unspecified atom stereocenters. The number of unbranched alkanes of at least 4 members (excludes halogenated alkanes) is 12.